The Kier molecular flexibility index (Phi) is 3.83. The van der Waals surface area contributed by atoms with Gasteiger partial charge in [0, 0.05) is 11.5 Å². The van der Waals surface area contributed by atoms with Crippen LogP contribution < -0.4 is 5.32 Å². The Bertz CT molecular complexity index is 589. The Morgan fingerprint density at radius 3 is 2.19 bits per heavy atom. The Hall–Kier alpha value is -1.64. The highest BCUT2D eigenvalue weighted by Crippen LogP contribution is 2.33. The molecule has 0 aromatic heterocycles. The summed E-state index contributed by atoms with van der Waals surface area (Å²) in [6.45, 7) is 4.23. The Morgan fingerprint density at radius 1 is 1.00 bits per heavy atom. The molecule has 0 saturated carbocycles. The van der Waals surface area contributed by atoms with E-state index in [0.29, 0.717) is 6.04 Å². The molecule has 1 heterocycles. The maximum absolute atomic E-state index is 9.99. The normalized spacial score (nSPS) is 24.1. The molecular formula is C19H23NO. The average Bonchev–Trinajstić information content (AvgIpc) is 2.73. The van der Waals surface area contributed by atoms with E-state index >= 15 is 0 Å². The zero-order valence-electron chi connectivity index (χ0n) is 12.7. The number of nitrogens with one attached hydrogen (secondary N) is 1. The summed E-state index contributed by atoms with van der Waals surface area (Å²) < 4.78 is 0. The van der Waals surface area contributed by atoms with Crippen molar-refractivity contribution in [3.63, 3.8) is 0 Å². The van der Waals surface area contributed by atoms with Crippen LogP contribution in [0.4, 0.5) is 0 Å². The van der Waals surface area contributed by atoms with E-state index < -0.39 is 6.23 Å². The molecule has 0 radical (unpaired) electrons. The van der Waals surface area contributed by atoms with E-state index in [-0.39, 0.29) is 5.41 Å². The molecule has 1 unspecified atom stereocenters. The van der Waals surface area contributed by atoms with Crippen LogP contribution in [0, 0.1) is 5.41 Å². The first-order valence-electron chi connectivity index (χ1n) is 7.63. The third-order valence-electron chi connectivity index (χ3n) is 4.45. The quantitative estimate of drug-likeness (QED) is 0.901. The highest BCUT2D eigenvalue weighted by atomic mass is 16.3. The van der Waals surface area contributed by atoms with Crippen molar-refractivity contribution in [3.8, 4) is 11.1 Å². The summed E-state index contributed by atoms with van der Waals surface area (Å²) in [6, 6.07) is 19.5. The van der Waals surface area contributed by atoms with Gasteiger partial charge in [0.15, 0.2) is 0 Å². The average molecular weight is 281 g/mol. The molecule has 2 aromatic carbocycles. The van der Waals surface area contributed by atoms with Gasteiger partial charge in [-0.25, -0.2) is 0 Å². The van der Waals surface area contributed by atoms with E-state index in [1.165, 1.54) is 16.7 Å². The van der Waals surface area contributed by atoms with Gasteiger partial charge < -0.3 is 5.11 Å². The summed E-state index contributed by atoms with van der Waals surface area (Å²) in [6.07, 6.45) is 1.58. The molecular weight excluding hydrogens is 258 g/mol. The van der Waals surface area contributed by atoms with Crippen LogP contribution in [0.1, 0.15) is 25.8 Å². The lowest BCUT2D eigenvalue weighted by atomic mass is 9.87. The number of aliphatic hydroxyl groups excluding tert-OH is 1. The van der Waals surface area contributed by atoms with Crippen molar-refractivity contribution in [1.29, 1.82) is 0 Å². The fraction of sp³-hybridized carbons (Fsp3) is 0.368. The van der Waals surface area contributed by atoms with Gasteiger partial charge in [-0.1, -0.05) is 68.4 Å². The summed E-state index contributed by atoms with van der Waals surface area (Å²) in [4.78, 5) is 0. The maximum atomic E-state index is 9.99. The van der Waals surface area contributed by atoms with Crippen molar-refractivity contribution in [2.75, 3.05) is 0 Å². The van der Waals surface area contributed by atoms with E-state index in [2.05, 4.69) is 67.7 Å². The van der Waals surface area contributed by atoms with Crippen molar-refractivity contribution in [2.45, 2.75) is 39.0 Å². The largest absolute Gasteiger partial charge is 0.378 e. The lowest BCUT2D eigenvalue weighted by Crippen LogP contribution is -2.34. The lowest BCUT2D eigenvalue weighted by Gasteiger charge is -2.20. The van der Waals surface area contributed by atoms with Crippen molar-refractivity contribution in [3.05, 3.63) is 60.2 Å². The third kappa shape index (κ3) is 3.17. The van der Waals surface area contributed by atoms with Crippen LogP contribution in [0.15, 0.2) is 54.6 Å². The predicted octanol–water partition coefficient (Wildman–Crippen LogP) is 3.60. The maximum Gasteiger partial charge on any atom is 0.110 e. The molecule has 2 atom stereocenters. The predicted molar refractivity (Wildman–Crippen MR) is 86.9 cm³/mol. The van der Waals surface area contributed by atoms with Gasteiger partial charge in [0.2, 0.25) is 0 Å². The zero-order valence-corrected chi connectivity index (χ0v) is 12.7. The van der Waals surface area contributed by atoms with Crippen LogP contribution in [0.25, 0.3) is 11.1 Å². The van der Waals surface area contributed by atoms with Crippen molar-refractivity contribution in [1.82, 2.24) is 5.32 Å². The smallest absolute Gasteiger partial charge is 0.110 e. The second-order valence-electron chi connectivity index (χ2n) is 6.73. The molecule has 110 valence electrons. The van der Waals surface area contributed by atoms with Gasteiger partial charge in [-0.2, -0.15) is 0 Å². The number of aliphatic hydroxyl groups is 1. The van der Waals surface area contributed by atoms with E-state index in [1.54, 1.807) is 0 Å². The minimum Gasteiger partial charge on any atom is -0.378 e. The van der Waals surface area contributed by atoms with Gasteiger partial charge in [0.25, 0.3) is 0 Å². The van der Waals surface area contributed by atoms with Gasteiger partial charge in [-0.15, -0.1) is 0 Å². The third-order valence-corrected chi connectivity index (χ3v) is 4.45. The van der Waals surface area contributed by atoms with Crippen LogP contribution in [-0.2, 0) is 6.42 Å². The van der Waals surface area contributed by atoms with Gasteiger partial charge in [0.05, 0.1) is 0 Å². The second-order valence-corrected chi connectivity index (χ2v) is 6.73. The Balaban J connectivity index is 1.69. The standard InChI is InChI=1S/C19H23NO/c1-19(2)13-17(20-18(19)21)12-14-8-10-16(11-9-14)15-6-4-3-5-7-15/h3-11,17-18,20-21H,12-13H2,1-2H3/t17-,18?/m1/s1. The van der Waals surface area contributed by atoms with E-state index in [0.717, 1.165) is 12.8 Å². The number of benzene rings is 2. The monoisotopic (exact) mass is 281 g/mol. The first kappa shape index (κ1) is 14.3. The first-order chi connectivity index (χ1) is 10.0. The molecule has 1 saturated heterocycles. The van der Waals surface area contributed by atoms with E-state index in [4.69, 9.17) is 0 Å². The van der Waals surface area contributed by atoms with E-state index in [9.17, 15) is 5.11 Å². The summed E-state index contributed by atoms with van der Waals surface area (Å²) in [7, 11) is 0. The summed E-state index contributed by atoms with van der Waals surface area (Å²) >= 11 is 0. The van der Waals surface area contributed by atoms with Crippen LogP contribution in [0.3, 0.4) is 0 Å². The molecule has 2 N–H and O–H groups in total. The van der Waals surface area contributed by atoms with Crippen molar-refractivity contribution in [2.24, 2.45) is 5.41 Å². The summed E-state index contributed by atoms with van der Waals surface area (Å²) in [5, 5.41) is 13.3. The Morgan fingerprint density at radius 2 is 1.62 bits per heavy atom. The number of hydrogen-bond acceptors (Lipinski definition) is 2. The van der Waals surface area contributed by atoms with Crippen molar-refractivity contribution >= 4 is 0 Å². The molecule has 2 aromatic rings. The van der Waals surface area contributed by atoms with Gasteiger partial charge in [0.1, 0.15) is 6.23 Å². The highest BCUT2D eigenvalue weighted by molar-refractivity contribution is 5.63. The van der Waals surface area contributed by atoms with Crippen LogP contribution in [0.5, 0.6) is 0 Å². The molecule has 0 spiro atoms. The minimum absolute atomic E-state index is 0.0331. The first-order valence-corrected chi connectivity index (χ1v) is 7.63. The zero-order chi connectivity index (χ0) is 14.9. The highest BCUT2D eigenvalue weighted by Gasteiger charge is 2.38. The fourth-order valence-corrected chi connectivity index (χ4v) is 3.13. The molecule has 0 amide bonds. The second kappa shape index (κ2) is 5.63. The van der Waals surface area contributed by atoms with Crippen LogP contribution in [0.2, 0.25) is 0 Å². The van der Waals surface area contributed by atoms with E-state index in [1.807, 2.05) is 6.07 Å². The lowest BCUT2D eigenvalue weighted by molar-refractivity contribution is 0.0617. The molecule has 1 fully saturated rings. The molecule has 2 nitrogen and oxygen atoms in total. The SMILES string of the molecule is CC1(C)C[C@@H](Cc2ccc(-c3ccccc3)cc2)NC1O. The van der Waals surface area contributed by atoms with Gasteiger partial charge in [-0.3, -0.25) is 5.32 Å². The summed E-state index contributed by atoms with van der Waals surface area (Å²) in [5.41, 5.74) is 3.78. The molecule has 1 aliphatic heterocycles. The Labute approximate surface area is 126 Å². The van der Waals surface area contributed by atoms with Crippen molar-refractivity contribution < 1.29 is 5.11 Å². The minimum atomic E-state index is -0.397. The van der Waals surface area contributed by atoms with Crippen LogP contribution >= 0.6 is 0 Å². The summed E-state index contributed by atoms with van der Waals surface area (Å²) in [5.74, 6) is 0. The molecule has 0 aliphatic carbocycles. The molecule has 21 heavy (non-hydrogen) atoms. The number of hydrogen-bond donors (Lipinski definition) is 2. The topological polar surface area (TPSA) is 32.3 Å². The molecule has 2 heteroatoms. The number of rotatable bonds is 3. The fourth-order valence-electron chi connectivity index (χ4n) is 3.13. The molecule has 3 rings (SSSR count). The molecule has 1 aliphatic rings. The molecule has 0 bridgehead atoms. The van der Waals surface area contributed by atoms with Gasteiger partial charge >= 0.3 is 0 Å². The van der Waals surface area contributed by atoms with Crippen LogP contribution in [-0.4, -0.2) is 17.4 Å². The van der Waals surface area contributed by atoms with Gasteiger partial charge in [-0.05, 0) is 29.5 Å².